The van der Waals surface area contributed by atoms with Crippen LogP contribution >= 0.6 is 0 Å². The summed E-state index contributed by atoms with van der Waals surface area (Å²) >= 11 is 0. The van der Waals surface area contributed by atoms with Crippen molar-refractivity contribution in [2.75, 3.05) is 45.2 Å². The maximum Gasteiger partial charge on any atom is 0.251 e. The van der Waals surface area contributed by atoms with Crippen LogP contribution in [0.25, 0.3) is 11.1 Å². The first-order chi connectivity index (χ1) is 24.2. The number of carbonyl (C=O) groups is 2. The molecule has 7 rings (SSSR count). The number of rotatable bonds is 12. The van der Waals surface area contributed by atoms with Crippen LogP contribution in [0.2, 0.25) is 0 Å². The number of fused-ring (bicyclic) bond motifs is 2. The fraction of sp³-hybridized carbons (Fsp3) is 0.659. The zero-order valence-corrected chi connectivity index (χ0v) is 32.1. The Balaban J connectivity index is 1.24. The molecule has 3 aliphatic carbocycles. The summed E-state index contributed by atoms with van der Waals surface area (Å²) in [5, 5.41) is 19.3. The van der Waals surface area contributed by atoms with Crippen molar-refractivity contribution in [3.63, 3.8) is 0 Å². The molecule has 2 bridgehead atoms. The minimum atomic E-state index is -0.778. The van der Waals surface area contributed by atoms with Crippen LogP contribution in [-0.2, 0) is 16.2 Å². The van der Waals surface area contributed by atoms with E-state index in [1.807, 2.05) is 37.2 Å². The lowest BCUT2D eigenvalue weighted by atomic mass is 9.45. The van der Waals surface area contributed by atoms with Gasteiger partial charge >= 0.3 is 0 Å². The van der Waals surface area contributed by atoms with E-state index in [2.05, 4.69) is 68.4 Å². The molecule has 5 N–H and O–H groups in total. The molecule has 0 unspecified atom stereocenters. The van der Waals surface area contributed by atoms with Crippen LogP contribution in [-0.4, -0.2) is 97.5 Å². The summed E-state index contributed by atoms with van der Waals surface area (Å²) < 4.78 is 0. The summed E-state index contributed by atoms with van der Waals surface area (Å²) in [7, 11) is 3.98. The third kappa shape index (κ3) is 7.32. The van der Waals surface area contributed by atoms with E-state index in [1.54, 1.807) is 12.0 Å². The number of aliphatic hydroxyl groups is 1. The van der Waals surface area contributed by atoms with E-state index in [0.717, 1.165) is 53.9 Å². The van der Waals surface area contributed by atoms with Crippen LogP contribution in [0.3, 0.4) is 0 Å². The lowest BCUT2D eigenvalue weighted by molar-refractivity contribution is -0.175. The van der Waals surface area contributed by atoms with Gasteiger partial charge in [-0.2, -0.15) is 5.06 Å². The molecule has 0 spiro atoms. The normalized spacial score (nSPS) is 30.9. The predicted octanol–water partition coefficient (Wildman–Crippen LogP) is 4.57. The Bertz CT molecular complexity index is 1580. The van der Waals surface area contributed by atoms with Crippen molar-refractivity contribution in [1.29, 1.82) is 0 Å². The molecule has 5 aliphatic rings. The molecule has 51 heavy (non-hydrogen) atoms. The first-order valence-corrected chi connectivity index (χ1v) is 19.3. The Morgan fingerprint density at radius 2 is 1.94 bits per heavy atom. The summed E-state index contributed by atoms with van der Waals surface area (Å²) in [5.41, 5.74) is 12.1. The molecule has 0 aromatic heterocycles. The number of benzene rings is 2. The van der Waals surface area contributed by atoms with Crippen LogP contribution in [0, 0.1) is 36.0 Å². The van der Waals surface area contributed by atoms with E-state index in [9.17, 15) is 14.7 Å². The minimum absolute atomic E-state index is 0.0684. The first-order valence-electron chi connectivity index (χ1n) is 19.3. The summed E-state index contributed by atoms with van der Waals surface area (Å²) in [4.78, 5) is 38.7. The molecule has 5 fully saturated rings. The molecule has 10 heteroatoms. The van der Waals surface area contributed by atoms with Gasteiger partial charge in [0, 0.05) is 56.4 Å². The highest BCUT2D eigenvalue weighted by Crippen LogP contribution is 2.61. The van der Waals surface area contributed by atoms with Crippen molar-refractivity contribution < 1.29 is 19.5 Å². The molecule has 10 nitrogen and oxygen atoms in total. The van der Waals surface area contributed by atoms with Crippen LogP contribution in [0.15, 0.2) is 36.4 Å². The Hall–Kier alpha value is -3.02. The van der Waals surface area contributed by atoms with Gasteiger partial charge in [0.2, 0.25) is 5.91 Å². The largest absolute Gasteiger partial charge is 0.393 e. The van der Waals surface area contributed by atoms with Gasteiger partial charge in [0.25, 0.3) is 5.91 Å². The van der Waals surface area contributed by atoms with E-state index in [1.165, 1.54) is 12.8 Å². The first kappa shape index (κ1) is 37.7. The van der Waals surface area contributed by atoms with Crippen molar-refractivity contribution in [3.05, 3.63) is 53.1 Å². The van der Waals surface area contributed by atoms with E-state index in [0.29, 0.717) is 47.9 Å². The second-order valence-corrected chi connectivity index (χ2v) is 16.7. The fourth-order valence-corrected chi connectivity index (χ4v) is 9.88. The molecule has 2 heterocycles. The van der Waals surface area contributed by atoms with Crippen molar-refractivity contribution in [2.24, 2.45) is 34.8 Å². The molecule has 280 valence electrons. The summed E-state index contributed by atoms with van der Waals surface area (Å²) in [5.74, 6) is 0.971. The number of carbonyl (C=O) groups excluding carboxylic acids is 2. The number of hydroxylamine groups is 2. The van der Waals surface area contributed by atoms with Gasteiger partial charge in [-0.3, -0.25) is 19.3 Å². The topological polar surface area (TPSA) is 123 Å². The van der Waals surface area contributed by atoms with E-state index < -0.39 is 24.2 Å². The third-order valence-corrected chi connectivity index (χ3v) is 13.3. The molecule has 2 saturated heterocycles. The molecule has 2 aromatic carbocycles. The maximum absolute atomic E-state index is 14.2. The van der Waals surface area contributed by atoms with Gasteiger partial charge in [-0.05, 0) is 116 Å². The number of likely N-dealkylation sites (tertiary alicyclic amines) is 1. The van der Waals surface area contributed by atoms with Gasteiger partial charge in [0.1, 0.15) is 6.04 Å². The number of nitrogens with two attached hydrogens (primary N) is 1. The number of nitrogens with one attached hydrogen (secondary N) is 2. The molecular weight excluding hydrogens is 640 g/mol. The lowest BCUT2D eigenvalue weighted by Crippen LogP contribution is -2.62. The van der Waals surface area contributed by atoms with Crippen molar-refractivity contribution in [2.45, 2.75) is 104 Å². The fourth-order valence-electron chi connectivity index (χ4n) is 9.88. The number of aliphatic hydroxyl groups excluding tert-OH is 1. The molecular formula is C41H62N6O4. The Labute approximate surface area is 305 Å². The SMILES string of the molecule is CCN1CCC[C@@H]1CNC(=O)c1cc(-c2cccc(CN3O[C@@H](CN)[C@@H]([C@H](C)O)[C@H]3C(=O)N[C@H]3C[C@H]4C[C@@H]([C@@H]3C)C4(C)C)c2C)cc(N(C)C)c1. The van der Waals surface area contributed by atoms with Gasteiger partial charge in [0.05, 0.1) is 18.8 Å². The van der Waals surface area contributed by atoms with Crippen LogP contribution in [0.5, 0.6) is 0 Å². The molecule has 9 atom stereocenters. The number of hydrogen-bond acceptors (Lipinski definition) is 8. The summed E-state index contributed by atoms with van der Waals surface area (Å²) in [6, 6.07) is 12.0. The molecule has 3 saturated carbocycles. The average molecular weight is 703 g/mol. The minimum Gasteiger partial charge on any atom is -0.393 e. The highest BCUT2D eigenvalue weighted by atomic mass is 16.7. The molecule has 2 amide bonds. The number of amides is 2. The van der Waals surface area contributed by atoms with Crippen LogP contribution in [0.4, 0.5) is 5.69 Å². The van der Waals surface area contributed by atoms with Crippen molar-refractivity contribution >= 4 is 17.5 Å². The van der Waals surface area contributed by atoms with Gasteiger partial charge in [0.15, 0.2) is 0 Å². The van der Waals surface area contributed by atoms with Gasteiger partial charge in [-0.25, -0.2) is 0 Å². The van der Waals surface area contributed by atoms with E-state index in [4.69, 9.17) is 10.6 Å². The molecule has 0 radical (unpaired) electrons. The van der Waals surface area contributed by atoms with Crippen molar-refractivity contribution in [1.82, 2.24) is 20.6 Å². The van der Waals surface area contributed by atoms with Crippen molar-refractivity contribution in [3.8, 4) is 11.1 Å². The lowest BCUT2D eigenvalue weighted by Gasteiger charge is -2.62. The predicted molar refractivity (Wildman–Crippen MR) is 203 cm³/mol. The summed E-state index contributed by atoms with van der Waals surface area (Å²) in [6.45, 7) is 16.3. The zero-order valence-electron chi connectivity index (χ0n) is 32.1. The Morgan fingerprint density at radius 3 is 2.59 bits per heavy atom. The number of likely N-dealkylation sites (N-methyl/N-ethyl adjacent to an activating group) is 1. The average Bonchev–Trinajstić information content (AvgIpc) is 3.72. The number of anilines is 1. The Kier molecular flexibility index (Phi) is 11.2. The van der Waals surface area contributed by atoms with Gasteiger partial charge in [-0.1, -0.05) is 45.9 Å². The number of hydrogen-bond donors (Lipinski definition) is 4. The van der Waals surface area contributed by atoms with Gasteiger partial charge < -0.3 is 26.4 Å². The standard InChI is InChI=1S/C41H62N6O4/c1-9-46-15-11-13-31(46)22-43-39(49)29-16-28(17-32(18-29)45(7)8)33-14-10-12-27(24(33)2)23-47-38(37(26(4)48)36(21-42)51-47)40(50)44-35-20-30-19-34(25(35)3)41(30,5)6/h10,12,14,16-18,25-26,30-31,34-38,48H,9,11,13,15,19-23,42H2,1-8H3,(H,43,49)(H,44,50)/t25-,26-,30+,31+,34-,35-,36-,37+,38-/m0/s1. The maximum atomic E-state index is 14.2. The van der Waals surface area contributed by atoms with E-state index >= 15 is 0 Å². The quantitative estimate of drug-likeness (QED) is 0.254. The zero-order chi connectivity index (χ0) is 36.8. The van der Waals surface area contributed by atoms with Crippen LogP contribution in [0.1, 0.15) is 81.8 Å². The number of nitrogens with zero attached hydrogens (tertiary/aromatic N) is 3. The molecule has 2 aromatic rings. The molecule has 2 aliphatic heterocycles. The highest BCUT2D eigenvalue weighted by molar-refractivity contribution is 5.97. The van der Waals surface area contributed by atoms with Crippen LogP contribution < -0.4 is 21.3 Å². The second kappa shape index (κ2) is 15.1. The second-order valence-electron chi connectivity index (χ2n) is 16.7. The third-order valence-electron chi connectivity index (χ3n) is 13.3. The van der Waals surface area contributed by atoms with E-state index in [-0.39, 0.29) is 24.4 Å². The summed E-state index contributed by atoms with van der Waals surface area (Å²) in [6.07, 6.45) is 3.24. The highest BCUT2D eigenvalue weighted by Gasteiger charge is 2.57. The van der Waals surface area contributed by atoms with Gasteiger partial charge in [-0.15, -0.1) is 0 Å². The Morgan fingerprint density at radius 1 is 1.18 bits per heavy atom. The monoisotopic (exact) mass is 702 g/mol. The smallest absolute Gasteiger partial charge is 0.251 e.